The summed E-state index contributed by atoms with van der Waals surface area (Å²) in [6.45, 7) is 2.31. The van der Waals surface area contributed by atoms with Gasteiger partial charge in [-0.3, -0.25) is 0 Å². The van der Waals surface area contributed by atoms with Crippen LogP contribution in [0.25, 0.3) is 0 Å². The number of nitrogens with zero attached hydrogens (tertiary/aromatic N) is 1. The van der Waals surface area contributed by atoms with Crippen molar-refractivity contribution in [1.82, 2.24) is 0 Å². The van der Waals surface area contributed by atoms with Crippen molar-refractivity contribution in [1.29, 1.82) is 0 Å². The van der Waals surface area contributed by atoms with Gasteiger partial charge in [-0.05, 0) is 25.1 Å². The molecule has 0 amide bonds. The van der Waals surface area contributed by atoms with E-state index in [9.17, 15) is 4.79 Å². The molecule has 0 heterocycles. The summed E-state index contributed by atoms with van der Waals surface area (Å²) in [6.07, 6.45) is 0. The van der Waals surface area contributed by atoms with Crippen LogP contribution >= 0.6 is 0 Å². The first-order valence-corrected chi connectivity index (χ1v) is 5.02. The monoisotopic (exact) mass is 237 g/mol. The van der Waals surface area contributed by atoms with Gasteiger partial charge in [0.05, 0.1) is 19.3 Å². The summed E-state index contributed by atoms with van der Waals surface area (Å²) in [6, 6.07) is 4.77. The predicted molar refractivity (Wildman–Crippen MR) is 63.9 cm³/mol. The van der Waals surface area contributed by atoms with Gasteiger partial charge in [-0.25, -0.2) is 4.79 Å². The summed E-state index contributed by atoms with van der Waals surface area (Å²) in [5.74, 6) is 5.25. The van der Waals surface area contributed by atoms with Crippen molar-refractivity contribution in [2.75, 3.05) is 13.7 Å². The van der Waals surface area contributed by atoms with E-state index >= 15 is 0 Å². The van der Waals surface area contributed by atoms with Crippen molar-refractivity contribution in [3.05, 3.63) is 29.3 Å². The van der Waals surface area contributed by atoms with Crippen LogP contribution in [0.5, 0.6) is 5.75 Å². The molecule has 6 nitrogen and oxygen atoms in total. The van der Waals surface area contributed by atoms with Crippen LogP contribution in [0.2, 0.25) is 0 Å². The van der Waals surface area contributed by atoms with Gasteiger partial charge in [0.15, 0.2) is 0 Å². The topological polar surface area (TPSA) is 99.9 Å². The van der Waals surface area contributed by atoms with Crippen molar-refractivity contribution in [2.24, 2.45) is 16.7 Å². The Hall–Kier alpha value is -2.24. The van der Waals surface area contributed by atoms with E-state index in [-0.39, 0.29) is 5.84 Å². The van der Waals surface area contributed by atoms with Gasteiger partial charge in [0.25, 0.3) is 0 Å². The molecule has 0 spiro atoms. The molecule has 0 aliphatic rings. The van der Waals surface area contributed by atoms with Crippen molar-refractivity contribution in [2.45, 2.75) is 6.92 Å². The Morgan fingerprint density at radius 2 is 2.00 bits per heavy atom. The van der Waals surface area contributed by atoms with Crippen LogP contribution in [-0.2, 0) is 4.74 Å². The zero-order chi connectivity index (χ0) is 12.8. The number of ether oxygens (including phenoxy) is 2. The van der Waals surface area contributed by atoms with E-state index in [0.29, 0.717) is 23.5 Å². The van der Waals surface area contributed by atoms with Crippen LogP contribution in [-0.4, -0.2) is 25.5 Å². The first-order valence-electron chi connectivity index (χ1n) is 5.02. The molecule has 0 unspecified atom stereocenters. The van der Waals surface area contributed by atoms with E-state index < -0.39 is 5.97 Å². The minimum absolute atomic E-state index is 0.122. The molecule has 0 bridgehead atoms. The van der Waals surface area contributed by atoms with E-state index in [1.165, 1.54) is 7.11 Å². The fourth-order valence-electron chi connectivity index (χ4n) is 1.31. The number of rotatable bonds is 4. The Morgan fingerprint density at radius 3 is 2.53 bits per heavy atom. The summed E-state index contributed by atoms with van der Waals surface area (Å²) < 4.78 is 9.95. The molecule has 1 rings (SSSR count). The lowest BCUT2D eigenvalue weighted by molar-refractivity contribution is 0.0600. The van der Waals surface area contributed by atoms with Crippen molar-refractivity contribution in [3.8, 4) is 5.75 Å². The summed E-state index contributed by atoms with van der Waals surface area (Å²) in [7, 11) is 1.30. The number of methoxy groups -OCH3 is 1. The molecular weight excluding hydrogens is 222 g/mol. The third kappa shape index (κ3) is 3.10. The lowest BCUT2D eigenvalue weighted by atomic mass is 10.1. The summed E-state index contributed by atoms with van der Waals surface area (Å²) in [5.41, 5.74) is 6.43. The number of carbonyl (C=O) groups excluding carboxylic acids is 1. The van der Waals surface area contributed by atoms with Gasteiger partial charge in [-0.15, -0.1) is 0 Å². The first kappa shape index (κ1) is 12.8. The molecule has 92 valence electrons. The Bertz CT molecular complexity index is 444. The fourth-order valence-corrected chi connectivity index (χ4v) is 1.31. The minimum atomic E-state index is -0.474. The molecule has 6 heteroatoms. The van der Waals surface area contributed by atoms with Crippen molar-refractivity contribution < 1.29 is 14.3 Å². The van der Waals surface area contributed by atoms with Crippen LogP contribution in [0.1, 0.15) is 22.8 Å². The van der Waals surface area contributed by atoms with Gasteiger partial charge >= 0.3 is 5.97 Å². The Labute approximate surface area is 99.2 Å². The number of hydrazone groups is 1. The second-order valence-electron chi connectivity index (χ2n) is 3.18. The van der Waals surface area contributed by atoms with Gasteiger partial charge in [-0.1, -0.05) is 0 Å². The molecule has 4 N–H and O–H groups in total. The Morgan fingerprint density at radius 1 is 1.35 bits per heavy atom. The maximum absolute atomic E-state index is 11.4. The number of hydrogen-bond donors (Lipinski definition) is 2. The van der Waals surface area contributed by atoms with Crippen LogP contribution in [0.4, 0.5) is 0 Å². The molecule has 17 heavy (non-hydrogen) atoms. The van der Waals surface area contributed by atoms with E-state index in [4.69, 9.17) is 16.3 Å². The van der Waals surface area contributed by atoms with E-state index in [0.717, 1.165) is 0 Å². The van der Waals surface area contributed by atoms with E-state index in [1.807, 2.05) is 6.92 Å². The Kier molecular flexibility index (Phi) is 4.33. The van der Waals surface area contributed by atoms with Gasteiger partial charge in [0, 0.05) is 5.56 Å². The molecule has 1 aromatic carbocycles. The highest BCUT2D eigenvalue weighted by molar-refractivity contribution is 6.00. The third-order valence-corrected chi connectivity index (χ3v) is 2.07. The number of benzene rings is 1. The second kappa shape index (κ2) is 5.74. The standard InChI is InChI=1S/C11H15N3O3/c1-3-17-9-5-7(10(12)14-13)4-8(6-9)11(15)16-2/h4-6H,3,13H2,1-2H3,(H2,12,14). The smallest absolute Gasteiger partial charge is 0.338 e. The normalized spacial score (nSPS) is 11.1. The molecule has 0 radical (unpaired) electrons. The number of carbonyl (C=O) groups is 1. The van der Waals surface area contributed by atoms with Crippen LogP contribution < -0.4 is 16.3 Å². The number of esters is 1. The van der Waals surface area contributed by atoms with Gasteiger partial charge in [0.1, 0.15) is 11.6 Å². The zero-order valence-electron chi connectivity index (χ0n) is 9.77. The Balaban J connectivity index is 3.23. The lowest BCUT2D eigenvalue weighted by Crippen LogP contribution is -2.16. The summed E-state index contributed by atoms with van der Waals surface area (Å²) >= 11 is 0. The molecule has 0 atom stereocenters. The largest absolute Gasteiger partial charge is 0.494 e. The highest BCUT2D eigenvalue weighted by atomic mass is 16.5. The van der Waals surface area contributed by atoms with Gasteiger partial charge in [-0.2, -0.15) is 5.10 Å². The fraction of sp³-hybridized carbons (Fsp3) is 0.273. The minimum Gasteiger partial charge on any atom is -0.494 e. The highest BCUT2D eigenvalue weighted by Crippen LogP contribution is 2.18. The quantitative estimate of drug-likeness (QED) is 0.260. The average Bonchev–Trinajstić information content (AvgIpc) is 2.36. The van der Waals surface area contributed by atoms with Crippen molar-refractivity contribution in [3.63, 3.8) is 0 Å². The average molecular weight is 237 g/mol. The zero-order valence-corrected chi connectivity index (χ0v) is 9.77. The second-order valence-corrected chi connectivity index (χ2v) is 3.18. The van der Waals surface area contributed by atoms with E-state index in [2.05, 4.69) is 9.84 Å². The lowest BCUT2D eigenvalue weighted by Gasteiger charge is -2.08. The van der Waals surface area contributed by atoms with Crippen LogP contribution in [0, 0.1) is 0 Å². The highest BCUT2D eigenvalue weighted by Gasteiger charge is 2.11. The van der Waals surface area contributed by atoms with Crippen LogP contribution in [0.15, 0.2) is 23.3 Å². The van der Waals surface area contributed by atoms with Crippen LogP contribution in [0.3, 0.4) is 0 Å². The predicted octanol–water partition coefficient (Wildman–Crippen LogP) is 0.451. The number of amidine groups is 1. The molecule has 0 aromatic heterocycles. The molecule has 0 fully saturated rings. The molecule has 0 saturated carbocycles. The maximum Gasteiger partial charge on any atom is 0.338 e. The van der Waals surface area contributed by atoms with E-state index in [1.54, 1.807) is 18.2 Å². The molecular formula is C11H15N3O3. The summed E-state index contributed by atoms with van der Waals surface area (Å²) in [4.78, 5) is 11.4. The SMILES string of the molecule is CCOc1cc(C(=O)OC)cc(C(N)=NN)c1. The molecule has 0 saturated heterocycles. The number of nitrogens with two attached hydrogens (primary N) is 2. The molecule has 1 aromatic rings. The summed E-state index contributed by atoms with van der Waals surface area (Å²) in [5, 5.41) is 3.37. The van der Waals surface area contributed by atoms with Gasteiger partial charge < -0.3 is 21.1 Å². The first-order chi connectivity index (χ1) is 8.12. The number of hydrogen-bond acceptors (Lipinski definition) is 5. The molecule has 0 aliphatic carbocycles. The maximum atomic E-state index is 11.4. The molecule has 0 aliphatic heterocycles. The van der Waals surface area contributed by atoms with Gasteiger partial charge in [0.2, 0.25) is 0 Å². The van der Waals surface area contributed by atoms with Crippen molar-refractivity contribution >= 4 is 11.8 Å². The third-order valence-electron chi connectivity index (χ3n) is 2.07.